The number of ether oxygens (including phenoxy) is 1. The standard InChI is InChI=1S/C22H26Cl3N3O5S/c1-5-26-22(30)14(2)27(12-15-6-7-16(23)10-18(15)25)21(29)13-28(34(4,31)32)19-11-17(24)8-9-20(19)33-3/h6-11,14H,5,12-13H2,1-4H3,(H,26,30)/t14-/m0/s1. The van der Waals surface area contributed by atoms with Gasteiger partial charge in [-0.05, 0) is 49.7 Å². The van der Waals surface area contributed by atoms with Crippen molar-refractivity contribution in [2.45, 2.75) is 26.4 Å². The highest BCUT2D eigenvalue weighted by atomic mass is 35.5. The maximum absolute atomic E-state index is 13.5. The van der Waals surface area contributed by atoms with Crippen molar-refractivity contribution in [2.24, 2.45) is 0 Å². The number of benzene rings is 2. The number of sulfonamides is 1. The van der Waals surface area contributed by atoms with Crippen LogP contribution in [0.1, 0.15) is 19.4 Å². The lowest BCUT2D eigenvalue weighted by Gasteiger charge is -2.32. The van der Waals surface area contributed by atoms with Gasteiger partial charge in [-0.3, -0.25) is 13.9 Å². The van der Waals surface area contributed by atoms with Gasteiger partial charge in [-0.15, -0.1) is 0 Å². The third-order valence-electron chi connectivity index (χ3n) is 4.96. The molecule has 1 atom stereocenters. The van der Waals surface area contributed by atoms with Crippen LogP contribution < -0.4 is 14.4 Å². The third kappa shape index (κ3) is 7.15. The van der Waals surface area contributed by atoms with Crippen molar-refractivity contribution < 1.29 is 22.7 Å². The molecule has 0 bridgehead atoms. The van der Waals surface area contributed by atoms with Crippen molar-refractivity contribution in [1.82, 2.24) is 10.2 Å². The number of nitrogens with one attached hydrogen (secondary N) is 1. The molecule has 2 rings (SSSR count). The normalized spacial score (nSPS) is 12.1. The van der Waals surface area contributed by atoms with Crippen LogP contribution in [0.5, 0.6) is 5.75 Å². The zero-order chi connectivity index (χ0) is 25.6. The van der Waals surface area contributed by atoms with E-state index in [2.05, 4.69) is 5.32 Å². The summed E-state index contributed by atoms with van der Waals surface area (Å²) in [6.07, 6.45) is 0.967. The van der Waals surface area contributed by atoms with E-state index in [0.717, 1.165) is 10.6 Å². The lowest BCUT2D eigenvalue weighted by molar-refractivity contribution is -0.139. The molecule has 2 aromatic rings. The highest BCUT2D eigenvalue weighted by molar-refractivity contribution is 7.92. The summed E-state index contributed by atoms with van der Waals surface area (Å²) < 4.78 is 31.5. The second kappa shape index (κ2) is 12.0. The van der Waals surface area contributed by atoms with Gasteiger partial charge in [-0.25, -0.2) is 8.42 Å². The molecule has 8 nitrogen and oxygen atoms in total. The number of amides is 2. The summed E-state index contributed by atoms with van der Waals surface area (Å²) in [5.74, 6) is -0.809. The van der Waals surface area contributed by atoms with Gasteiger partial charge in [0.1, 0.15) is 18.3 Å². The smallest absolute Gasteiger partial charge is 0.244 e. The fourth-order valence-corrected chi connectivity index (χ4v) is 4.67. The molecule has 0 spiro atoms. The van der Waals surface area contributed by atoms with Gasteiger partial charge in [-0.2, -0.15) is 0 Å². The second-order valence-electron chi connectivity index (χ2n) is 7.41. The van der Waals surface area contributed by atoms with Gasteiger partial charge in [0.25, 0.3) is 0 Å². The van der Waals surface area contributed by atoms with Crippen LogP contribution in [-0.4, -0.2) is 57.6 Å². The number of hydrogen-bond acceptors (Lipinski definition) is 5. The number of anilines is 1. The quantitative estimate of drug-likeness (QED) is 0.483. The predicted octanol–water partition coefficient (Wildman–Crippen LogP) is 3.97. The van der Waals surface area contributed by atoms with Crippen LogP contribution >= 0.6 is 34.8 Å². The molecule has 186 valence electrons. The molecule has 12 heteroatoms. The van der Waals surface area contributed by atoms with Gasteiger partial charge in [0.15, 0.2) is 0 Å². The first-order valence-corrected chi connectivity index (χ1v) is 13.2. The minimum atomic E-state index is -3.94. The van der Waals surface area contributed by atoms with E-state index in [1.807, 2.05) is 0 Å². The average molecular weight is 551 g/mol. The van der Waals surface area contributed by atoms with Gasteiger partial charge in [0, 0.05) is 28.2 Å². The van der Waals surface area contributed by atoms with Gasteiger partial charge < -0.3 is 15.0 Å². The Bertz CT molecular complexity index is 1160. The third-order valence-corrected chi connectivity index (χ3v) is 6.91. The Kier molecular flexibility index (Phi) is 9.87. The molecular weight excluding hydrogens is 525 g/mol. The van der Waals surface area contributed by atoms with Crippen LogP contribution in [0.15, 0.2) is 36.4 Å². The summed E-state index contributed by atoms with van der Waals surface area (Å²) in [5.41, 5.74) is 0.641. The number of likely N-dealkylation sites (N-methyl/N-ethyl adjacent to an activating group) is 1. The molecule has 2 aromatic carbocycles. The Hall–Kier alpha value is -2.20. The zero-order valence-electron chi connectivity index (χ0n) is 19.1. The van der Waals surface area contributed by atoms with Crippen LogP contribution in [0, 0.1) is 0 Å². The summed E-state index contributed by atoms with van der Waals surface area (Å²) in [6.45, 7) is 3.03. The number of methoxy groups -OCH3 is 1. The van der Waals surface area contributed by atoms with E-state index >= 15 is 0 Å². The molecular formula is C22H26Cl3N3O5S. The Balaban J connectivity index is 2.49. The van der Waals surface area contributed by atoms with Crippen molar-refractivity contribution >= 4 is 62.3 Å². The molecule has 0 unspecified atom stereocenters. The van der Waals surface area contributed by atoms with Crippen LogP contribution in [0.2, 0.25) is 15.1 Å². The summed E-state index contributed by atoms with van der Waals surface area (Å²) >= 11 is 18.3. The first kappa shape index (κ1) is 28.0. The second-order valence-corrected chi connectivity index (χ2v) is 10.6. The maximum Gasteiger partial charge on any atom is 0.244 e. The van der Waals surface area contributed by atoms with E-state index in [1.54, 1.807) is 26.0 Å². The molecule has 1 N–H and O–H groups in total. The Morgan fingerprint density at radius 3 is 2.26 bits per heavy atom. The largest absolute Gasteiger partial charge is 0.495 e. The Labute approximate surface area is 214 Å². The number of nitrogens with zero attached hydrogens (tertiary/aromatic N) is 2. The van der Waals surface area contributed by atoms with Gasteiger partial charge in [0.2, 0.25) is 21.8 Å². The van der Waals surface area contributed by atoms with Crippen LogP contribution in [0.25, 0.3) is 0 Å². The van der Waals surface area contributed by atoms with Crippen molar-refractivity contribution in [3.63, 3.8) is 0 Å². The first-order chi connectivity index (χ1) is 15.9. The molecule has 34 heavy (non-hydrogen) atoms. The van der Waals surface area contributed by atoms with Crippen molar-refractivity contribution in [1.29, 1.82) is 0 Å². The fourth-order valence-electron chi connectivity index (χ4n) is 3.19. The zero-order valence-corrected chi connectivity index (χ0v) is 22.2. The van der Waals surface area contributed by atoms with Crippen LogP contribution in [0.3, 0.4) is 0 Å². The number of carbonyl (C=O) groups is 2. The van der Waals surface area contributed by atoms with E-state index < -0.39 is 34.4 Å². The van der Waals surface area contributed by atoms with Crippen molar-refractivity contribution in [2.75, 3.05) is 30.8 Å². The van der Waals surface area contributed by atoms with Crippen molar-refractivity contribution in [3.05, 3.63) is 57.0 Å². The predicted molar refractivity (Wildman–Crippen MR) is 135 cm³/mol. The van der Waals surface area contributed by atoms with Crippen LogP contribution in [0.4, 0.5) is 5.69 Å². The van der Waals surface area contributed by atoms with E-state index in [4.69, 9.17) is 39.5 Å². The van der Waals surface area contributed by atoms with Crippen molar-refractivity contribution in [3.8, 4) is 5.75 Å². The molecule has 0 aliphatic rings. The van der Waals surface area contributed by atoms with Gasteiger partial charge in [0.05, 0.1) is 19.1 Å². The lowest BCUT2D eigenvalue weighted by Crippen LogP contribution is -2.51. The summed E-state index contributed by atoms with van der Waals surface area (Å²) in [5, 5.41) is 3.66. The maximum atomic E-state index is 13.5. The summed E-state index contributed by atoms with van der Waals surface area (Å²) in [6, 6.07) is 8.30. The first-order valence-electron chi connectivity index (χ1n) is 10.2. The number of rotatable bonds is 10. The monoisotopic (exact) mass is 549 g/mol. The SMILES string of the molecule is CCNC(=O)[C@H](C)N(Cc1ccc(Cl)cc1Cl)C(=O)CN(c1cc(Cl)ccc1OC)S(C)(=O)=O. The van der Waals surface area contributed by atoms with E-state index in [9.17, 15) is 18.0 Å². The molecule has 0 aromatic heterocycles. The molecule has 2 amide bonds. The number of carbonyl (C=O) groups excluding carboxylic acids is 2. The Morgan fingerprint density at radius 1 is 1.09 bits per heavy atom. The molecule has 0 fully saturated rings. The minimum absolute atomic E-state index is 0.0442. The summed E-state index contributed by atoms with van der Waals surface area (Å²) in [7, 11) is -2.56. The minimum Gasteiger partial charge on any atom is -0.495 e. The average Bonchev–Trinajstić information content (AvgIpc) is 2.75. The number of halogens is 3. The van der Waals surface area contributed by atoms with E-state index in [-0.39, 0.29) is 23.0 Å². The lowest BCUT2D eigenvalue weighted by atomic mass is 10.1. The molecule has 0 saturated heterocycles. The van der Waals surface area contributed by atoms with E-state index in [0.29, 0.717) is 22.2 Å². The summed E-state index contributed by atoms with van der Waals surface area (Å²) in [4.78, 5) is 27.3. The molecule has 0 heterocycles. The molecule has 0 aliphatic carbocycles. The van der Waals surface area contributed by atoms with Gasteiger partial charge in [-0.1, -0.05) is 40.9 Å². The van der Waals surface area contributed by atoms with E-state index in [1.165, 1.54) is 36.3 Å². The fraction of sp³-hybridized carbons (Fsp3) is 0.364. The number of hydrogen-bond donors (Lipinski definition) is 1. The van der Waals surface area contributed by atoms with Crippen LogP contribution in [-0.2, 0) is 26.2 Å². The highest BCUT2D eigenvalue weighted by Crippen LogP contribution is 2.33. The topological polar surface area (TPSA) is 96.0 Å². The Morgan fingerprint density at radius 2 is 1.71 bits per heavy atom. The molecule has 0 aliphatic heterocycles. The highest BCUT2D eigenvalue weighted by Gasteiger charge is 2.31. The van der Waals surface area contributed by atoms with Gasteiger partial charge >= 0.3 is 0 Å². The molecule has 0 radical (unpaired) electrons. The molecule has 0 saturated carbocycles.